The first-order valence-electron chi connectivity index (χ1n) is 9.23. The molecule has 0 aliphatic carbocycles. The van der Waals surface area contributed by atoms with E-state index in [1.54, 1.807) is 11.0 Å². The van der Waals surface area contributed by atoms with Crippen LogP contribution in [0.2, 0.25) is 0 Å². The molecule has 1 aromatic rings. The van der Waals surface area contributed by atoms with Crippen LogP contribution < -0.4 is 9.47 Å². The molecule has 0 radical (unpaired) electrons. The highest BCUT2D eigenvalue weighted by Gasteiger charge is 2.21. The summed E-state index contributed by atoms with van der Waals surface area (Å²) in [6, 6.07) is 3.82. The standard InChI is InChI=1S/C20H25NO6/c1-3-25-17-12-16-10-14(2)27-18(16)11-15(17)4-5-20(23)26-13-19(22)21-6-8-24-9-7-21/h4-5,11-12,14H,3,6-10,13H2,1-2H3/b5-4+/t14-/m1/s1. The van der Waals surface area contributed by atoms with Gasteiger partial charge in [0.15, 0.2) is 6.61 Å². The molecule has 0 unspecified atom stereocenters. The van der Waals surface area contributed by atoms with Crippen LogP contribution in [-0.2, 0) is 25.5 Å². The molecule has 2 aliphatic heterocycles. The number of morpholine rings is 1. The van der Waals surface area contributed by atoms with E-state index >= 15 is 0 Å². The summed E-state index contributed by atoms with van der Waals surface area (Å²) in [5.74, 6) is 0.715. The fourth-order valence-corrected chi connectivity index (χ4v) is 3.11. The van der Waals surface area contributed by atoms with Crippen molar-refractivity contribution >= 4 is 18.0 Å². The predicted molar refractivity (Wildman–Crippen MR) is 98.8 cm³/mol. The van der Waals surface area contributed by atoms with E-state index in [1.165, 1.54) is 6.08 Å². The van der Waals surface area contributed by atoms with Crippen LogP contribution in [0.3, 0.4) is 0 Å². The van der Waals surface area contributed by atoms with Gasteiger partial charge in [0, 0.05) is 36.7 Å². The molecule has 0 N–H and O–H groups in total. The van der Waals surface area contributed by atoms with Crippen molar-refractivity contribution in [2.75, 3.05) is 39.5 Å². The molecule has 1 atom stereocenters. The van der Waals surface area contributed by atoms with Gasteiger partial charge in [-0.1, -0.05) is 0 Å². The molecule has 146 valence electrons. The molecule has 2 heterocycles. The molecule has 3 rings (SSSR count). The third-order valence-corrected chi connectivity index (χ3v) is 4.43. The Morgan fingerprint density at radius 1 is 1.30 bits per heavy atom. The average Bonchev–Trinajstić information content (AvgIpc) is 3.04. The molecule has 0 aromatic heterocycles. The fraction of sp³-hybridized carbons (Fsp3) is 0.500. The Balaban J connectivity index is 1.60. The molecule has 1 saturated heterocycles. The summed E-state index contributed by atoms with van der Waals surface area (Å²) in [6.07, 6.45) is 3.89. The maximum Gasteiger partial charge on any atom is 0.331 e. The maximum absolute atomic E-state index is 12.0. The SMILES string of the molecule is CCOc1cc2c(cc1/C=C/C(=O)OCC(=O)N1CCOCC1)O[C@H](C)C2. The number of hydrogen-bond donors (Lipinski definition) is 0. The van der Waals surface area contributed by atoms with E-state index < -0.39 is 5.97 Å². The van der Waals surface area contributed by atoms with Gasteiger partial charge in [-0.3, -0.25) is 4.79 Å². The summed E-state index contributed by atoms with van der Waals surface area (Å²) in [6.45, 7) is 6.25. The van der Waals surface area contributed by atoms with Crippen LogP contribution in [0.5, 0.6) is 11.5 Å². The van der Waals surface area contributed by atoms with Crippen LogP contribution in [0.4, 0.5) is 0 Å². The van der Waals surface area contributed by atoms with Crippen molar-refractivity contribution in [1.29, 1.82) is 0 Å². The molecule has 0 spiro atoms. The van der Waals surface area contributed by atoms with Crippen LogP contribution in [0.15, 0.2) is 18.2 Å². The number of carbonyl (C=O) groups is 2. The summed E-state index contributed by atoms with van der Waals surface area (Å²) >= 11 is 0. The minimum absolute atomic E-state index is 0.130. The predicted octanol–water partition coefficient (Wildman–Crippen LogP) is 1.82. The lowest BCUT2D eigenvalue weighted by Gasteiger charge is -2.26. The monoisotopic (exact) mass is 375 g/mol. The second-order valence-electron chi connectivity index (χ2n) is 6.50. The lowest BCUT2D eigenvalue weighted by molar-refractivity contribution is -0.150. The van der Waals surface area contributed by atoms with Gasteiger partial charge in [-0.05, 0) is 32.1 Å². The molecule has 0 saturated carbocycles. The largest absolute Gasteiger partial charge is 0.493 e. The van der Waals surface area contributed by atoms with Gasteiger partial charge in [0.1, 0.15) is 17.6 Å². The lowest BCUT2D eigenvalue weighted by Crippen LogP contribution is -2.42. The van der Waals surface area contributed by atoms with Gasteiger partial charge < -0.3 is 23.8 Å². The highest BCUT2D eigenvalue weighted by atomic mass is 16.5. The molecule has 1 aromatic carbocycles. The minimum Gasteiger partial charge on any atom is -0.493 e. The van der Waals surface area contributed by atoms with Gasteiger partial charge in [-0.2, -0.15) is 0 Å². The molecule has 7 nitrogen and oxygen atoms in total. The molecule has 2 aliphatic rings. The number of rotatable bonds is 6. The van der Waals surface area contributed by atoms with Gasteiger partial charge in [-0.15, -0.1) is 0 Å². The third kappa shape index (κ3) is 5.01. The van der Waals surface area contributed by atoms with Gasteiger partial charge in [-0.25, -0.2) is 4.79 Å². The Morgan fingerprint density at radius 3 is 2.81 bits per heavy atom. The van der Waals surface area contributed by atoms with Gasteiger partial charge >= 0.3 is 5.97 Å². The molecule has 27 heavy (non-hydrogen) atoms. The van der Waals surface area contributed by atoms with Gasteiger partial charge in [0.2, 0.25) is 0 Å². The summed E-state index contributed by atoms with van der Waals surface area (Å²) < 4.78 is 21.7. The van der Waals surface area contributed by atoms with Crippen LogP contribution >= 0.6 is 0 Å². The van der Waals surface area contributed by atoms with Crippen molar-refractivity contribution < 1.29 is 28.5 Å². The van der Waals surface area contributed by atoms with E-state index in [0.29, 0.717) is 38.7 Å². The van der Waals surface area contributed by atoms with Crippen LogP contribution in [-0.4, -0.2) is 62.4 Å². The first-order chi connectivity index (χ1) is 13.1. The van der Waals surface area contributed by atoms with Crippen LogP contribution in [0, 0.1) is 0 Å². The molecular weight excluding hydrogens is 350 g/mol. The number of ether oxygens (including phenoxy) is 4. The zero-order chi connectivity index (χ0) is 19.2. The lowest BCUT2D eigenvalue weighted by atomic mass is 10.1. The summed E-state index contributed by atoms with van der Waals surface area (Å²) in [4.78, 5) is 25.6. The van der Waals surface area contributed by atoms with Crippen LogP contribution in [0.25, 0.3) is 6.08 Å². The Kier molecular flexibility index (Phi) is 6.34. The highest BCUT2D eigenvalue weighted by Crippen LogP contribution is 2.35. The topological polar surface area (TPSA) is 74.3 Å². The molecule has 1 amide bonds. The highest BCUT2D eigenvalue weighted by molar-refractivity contribution is 5.89. The summed E-state index contributed by atoms with van der Waals surface area (Å²) in [5.41, 5.74) is 1.84. The number of fused-ring (bicyclic) bond motifs is 1. The van der Waals surface area contributed by atoms with Crippen molar-refractivity contribution in [3.8, 4) is 11.5 Å². The number of amides is 1. The Bertz CT molecular complexity index is 723. The number of hydrogen-bond acceptors (Lipinski definition) is 6. The normalized spacial score (nSPS) is 18.9. The Labute approximate surface area is 158 Å². The zero-order valence-corrected chi connectivity index (χ0v) is 15.7. The number of benzene rings is 1. The molecule has 0 bridgehead atoms. The molecule has 1 fully saturated rings. The van der Waals surface area contributed by atoms with E-state index in [9.17, 15) is 9.59 Å². The van der Waals surface area contributed by atoms with E-state index in [4.69, 9.17) is 18.9 Å². The number of nitrogens with zero attached hydrogens (tertiary/aromatic N) is 1. The number of esters is 1. The number of carbonyl (C=O) groups excluding carboxylic acids is 2. The quantitative estimate of drug-likeness (QED) is 0.558. The first kappa shape index (κ1) is 19.2. The van der Waals surface area contributed by atoms with Crippen molar-refractivity contribution in [2.45, 2.75) is 26.4 Å². The van der Waals surface area contributed by atoms with Crippen molar-refractivity contribution in [2.24, 2.45) is 0 Å². The van der Waals surface area contributed by atoms with E-state index in [2.05, 4.69) is 0 Å². The van der Waals surface area contributed by atoms with Crippen molar-refractivity contribution in [3.63, 3.8) is 0 Å². The molecular formula is C20H25NO6. The Hall–Kier alpha value is -2.54. The van der Waals surface area contributed by atoms with Crippen molar-refractivity contribution in [3.05, 3.63) is 29.3 Å². The summed E-state index contributed by atoms with van der Waals surface area (Å²) in [5, 5.41) is 0. The second kappa shape index (κ2) is 8.90. The first-order valence-corrected chi connectivity index (χ1v) is 9.23. The van der Waals surface area contributed by atoms with Crippen LogP contribution in [0.1, 0.15) is 25.0 Å². The average molecular weight is 375 g/mol. The van der Waals surface area contributed by atoms with E-state index in [0.717, 1.165) is 23.3 Å². The molecule has 7 heteroatoms. The summed E-state index contributed by atoms with van der Waals surface area (Å²) in [7, 11) is 0. The van der Waals surface area contributed by atoms with E-state index in [-0.39, 0.29) is 18.6 Å². The zero-order valence-electron chi connectivity index (χ0n) is 15.7. The maximum atomic E-state index is 12.0. The van der Waals surface area contributed by atoms with Gasteiger partial charge in [0.25, 0.3) is 5.91 Å². The smallest absolute Gasteiger partial charge is 0.331 e. The third-order valence-electron chi connectivity index (χ3n) is 4.43. The van der Waals surface area contributed by atoms with Crippen molar-refractivity contribution in [1.82, 2.24) is 4.90 Å². The minimum atomic E-state index is -0.575. The fourth-order valence-electron chi connectivity index (χ4n) is 3.11. The van der Waals surface area contributed by atoms with Gasteiger partial charge in [0.05, 0.1) is 19.8 Å². The Morgan fingerprint density at radius 2 is 2.07 bits per heavy atom. The second-order valence-corrected chi connectivity index (χ2v) is 6.50. The van der Waals surface area contributed by atoms with E-state index in [1.807, 2.05) is 26.0 Å².